The van der Waals surface area contributed by atoms with Gasteiger partial charge in [-0.2, -0.15) is 4.98 Å². The van der Waals surface area contributed by atoms with E-state index in [1.807, 2.05) is 36.4 Å². The van der Waals surface area contributed by atoms with Gasteiger partial charge < -0.3 is 18.7 Å². The van der Waals surface area contributed by atoms with Crippen LogP contribution in [-0.4, -0.2) is 31.5 Å². The van der Waals surface area contributed by atoms with E-state index in [-0.39, 0.29) is 0 Å². The third kappa shape index (κ3) is 2.78. The number of hydrogen-bond donors (Lipinski definition) is 0. The normalized spacial score (nSPS) is 10.5. The average Bonchev–Trinajstić information content (AvgIpc) is 3.06. The number of aromatic nitrogens is 2. The van der Waals surface area contributed by atoms with Crippen LogP contribution in [0.5, 0.6) is 17.2 Å². The van der Waals surface area contributed by atoms with Gasteiger partial charge in [-0.05, 0) is 23.8 Å². The van der Waals surface area contributed by atoms with E-state index in [1.165, 1.54) is 0 Å². The van der Waals surface area contributed by atoms with Gasteiger partial charge in [0.1, 0.15) is 0 Å². The summed E-state index contributed by atoms with van der Waals surface area (Å²) >= 11 is 0. The van der Waals surface area contributed by atoms with Gasteiger partial charge in [-0.15, -0.1) is 0 Å². The molecule has 0 fully saturated rings. The van der Waals surface area contributed by atoms with Crippen LogP contribution in [0, 0.1) is 6.92 Å². The molecule has 0 spiro atoms. The van der Waals surface area contributed by atoms with Crippen LogP contribution in [0.3, 0.4) is 0 Å². The summed E-state index contributed by atoms with van der Waals surface area (Å²) < 4.78 is 21.4. The predicted octanol–water partition coefficient (Wildman–Crippen LogP) is 3.74. The van der Waals surface area contributed by atoms with Gasteiger partial charge in [0.25, 0.3) is 0 Å². The summed E-state index contributed by atoms with van der Waals surface area (Å²) in [6.07, 6.45) is 0. The van der Waals surface area contributed by atoms with Crippen molar-refractivity contribution in [1.82, 2.24) is 10.1 Å². The van der Waals surface area contributed by atoms with Crippen molar-refractivity contribution in [1.29, 1.82) is 0 Å². The highest BCUT2D eigenvalue weighted by Gasteiger charge is 2.17. The number of methoxy groups -OCH3 is 3. The zero-order valence-electron chi connectivity index (χ0n) is 14.0. The molecule has 0 atom stereocenters. The van der Waals surface area contributed by atoms with E-state index in [0.29, 0.717) is 29.0 Å². The molecule has 0 aliphatic heterocycles. The Balaban J connectivity index is 2.12. The second kappa shape index (κ2) is 6.62. The van der Waals surface area contributed by atoms with Gasteiger partial charge in [-0.25, -0.2) is 0 Å². The quantitative estimate of drug-likeness (QED) is 0.711. The summed E-state index contributed by atoms with van der Waals surface area (Å²) in [5, 5.41) is 3.96. The van der Waals surface area contributed by atoms with Gasteiger partial charge in [-0.3, -0.25) is 0 Å². The van der Waals surface area contributed by atoms with Gasteiger partial charge in [0.2, 0.25) is 17.5 Å². The molecule has 1 aromatic heterocycles. The number of benzene rings is 2. The molecule has 3 aromatic rings. The lowest BCUT2D eigenvalue weighted by molar-refractivity contribution is 0.325. The van der Waals surface area contributed by atoms with E-state index in [4.69, 9.17) is 18.7 Å². The maximum Gasteiger partial charge on any atom is 0.223 e. The van der Waals surface area contributed by atoms with Crippen molar-refractivity contribution in [3.8, 4) is 39.8 Å². The minimum atomic E-state index is 0.527. The fourth-order valence-corrected chi connectivity index (χ4v) is 2.57. The molecule has 6 heteroatoms. The number of rotatable bonds is 5. The topological polar surface area (TPSA) is 66.6 Å². The van der Waals surface area contributed by atoms with Crippen molar-refractivity contribution in [3.05, 3.63) is 42.3 Å². The molecule has 0 N–H and O–H groups in total. The van der Waals surface area contributed by atoms with Crippen molar-refractivity contribution >= 4 is 0 Å². The highest BCUT2D eigenvalue weighted by Crippen LogP contribution is 2.44. The van der Waals surface area contributed by atoms with Crippen LogP contribution in [0.4, 0.5) is 0 Å². The molecule has 0 unspecified atom stereocenters. The first-order valence-corrected chi connectivity index (χ1v) is 7.38. The molecule has 0 aliphatic carbocycles. The molecule has 2 aromatic carbocycles. The number of nitrogens with zero attached hydrogens (tertiary/aromatic N) is 2. The molecule has 0 bridgehead atoms. The van der Waals surface area contributed by atoms with Crippen LogP contribution < -0.4 is 14.2 Å². The molecule has 1 heterocycles. The molecule has 3 rings (SSSR count). The van der Waals surface area contributed by atoms with Gasteiger partial charge in [0.15, 0.2) is 11.5 Å². The van der Waals surface area contributed by atoms with Crippen LogP contribution in [-0.2, 0) is 0 Å². The van der Waals surface area contributed by atoms with Crippen LogP contribution in [0.25, 0.3) is 22.5 Å². The van der Waals surface area contributed by atoms with Gasteiger partial charge >= 0.3 is 0 Å². The van der Waals surface area contributed by atoms with E-state index in [9.17, 15) is 0 Å². The lowest BCUT2D eigenvalue weighted by Gasteiger charge is -2.16. The summed E-state index contributed by atoms with van der Waals surface area (Å²) in [4.78, 5) is 4.27. The summed E-state index contributed by atoms with van der Waals surface area (Å²) in [6.45, 7) is 1.76. The molecule has 0 aliphatic rings. The first kappa shape index (κ1) is 15.9. The Morgan fingerprint density at radius 1 is 0.875 bits per heavy atom. The minimum absolute atomic E-state index is 0.527. The third-order valence-corrected chi connectivity index (χ3v) is 3.66. The number of ether oxygens (including phenoxy) is 3. The molecule has 124 valence electrons. The van der Waals surface area contributed by atoms with Gasteiger partial charge in [0.05, 0.1) is 21.3 Å². The Bertz CT molecular complexity index is 858. The molecular weight excluding hydrogens is 308 g/mol. The van der Waals surface area contributed by atoms with Crippen molar-refractivity contribution in [2.45, 2.75) is 6.92 Å². The monoisotopic (exact) mass is 326 g/mol. The first-order chi connectivity index (χ1) is 11.7. The third-order valence-electron chi connectivity index (χ3n) is 3.66. The van der Waals surface area contributed by atoms with E-state index < -0.39 is 0 Å². The first-order valence-electron chi connectivity index (χ1n) is 7.38. The van der Waals surface area contributed by atoms with Crippen molar-refractivity contribution in [3.63, 3.8) is 0 Å². The number of hydrogen-bond acceptors (Lipinski definition) is 6. The van der Waals surface area contributed by atoms with Crippen molar-refractivity contribution in [2.24, 2.45) is 0 Å². The van der Waals surface area contributed by atoms with E-state index in [2.05, 4.69) is 10.1 Å². The summed E-state index contributed by atoms with van der Waals surface area (Å²) in [6, 6.07) is 11.6. The smallest absolute Gasteiger partial charge is 0.223 e. The Kier molecular flexibility index (Phi) is 4.37. The van der Waals surface area contributed by atoms with Crippen molar-refractivity contribution < 1.29 is 18.7 Å². The van der Waals surface area contributed by atoms with Crippen molar-refractivity contribution in [2.75, 3.05) is 21.3 Å². The summed E-state index contributed by atoms with van der Waals surface area (Å²) in [7, 11) is 4.78. The Hall–Kier alpha value is -3.02. The highest BCUT2D eigenvalue weighted by atomic mass is 16.5. The minimum Gasteiger partial charge on any atom is -0.493 e. The lowest BCUT2D eigenvalue weighted by atomic mass is 10.0. The fourth-order valence-electron chi connectivity index (χ4n) is 2.57. The molecule has 0 amide bonds. The Labute approximate surface area is 140 Å². The molecule has 24 heavy (non-hydrogen) atoms. The average molecular weight is 326 g/mol. The molecular formula is C18H18N2O4. The predicted molar refractivity (Wildman–Crippen MR) is 89.6 cm³/mol. The molecule has 0 saturated heterocycles. The van der Waals surface area contributed by atoms with Gasteiger partial charge in [0, 0.05) is 18.1 Å². The highest BCUT2D eigenvalue weighted by molar-refractivity contribution is 5.78. The Morgan fingerprint density at radius 2 is 1.62 bits per heavy atom. The number of aryl methyl sites for hydroxylation is 1. The Morgan fingerprint density at radius 3 is 2.25 bits per heavy atom. The maximum atomic E-state index is 5.56. The fraction of sp³-hybridized carbons (Fsp3) is 0.222. The SMILES string of the molecule is COc1ccc(-c2cccc(-c3noc(C)n3)c2)c(OC)c1OC. The molecule has 0 saturated carbocycles. The molecule has 6 nitrogen and oxygen atoms in total. The van der Waals surface area contributed by atoms with Crippen LogP contribution in [0.15, 0.2) is 40.9 Å². The van der Waals surface area contributed by atoms with Gasteiger partial charge in [-0.1, -0.05) is 23.4 Å². The second-order valence-electron chi connectivity index (χ2n) is 5.10. The zero-order chi connectivity index (χ0) is 17.1. The lowest BCUT2D eigenvalue weighted by Crippen LogP contribution is -1.97. The molecule has 0 radical (unpaired) electrons. The van der Waals surface area contributed by atoms with Crippen LogP contribution >= 0.6 is 0 Å². The van der Waals surface area contributed by atoms with E-state index in [0.717, 1.165) is 16.7 Å². The van der Waals surface area contributed by atoms with Crippen LogP contribution in [0.2, 0.25) is 0 Å². The van der Waals surface area contributed by atoms with E-state index in [1.54, 1.807) is 28.3 Å². The zero-order valence-corrected chi connectivity index (χ0v) is 14.0. The standard InChI is InChI=1S/C18H18N2O4/c1-11-19-18(20-24-11)13-7-5-6-12(10-13)14-8-9-15(21-2)17(23-4)16(14)22-3/h5-10H,1-4H3. The second-order valence-corrected chi connectivity index (χ2v) is 5.10. The largest absolute Gasteiger partial charge is 0.493 e. The summed E-state index contributed by atoms with van der Waals surface area (Å²) in [5.41, 5.74) is 2.70. The summed E-state index contributed by atoms with van der Waals surface area (Å²) in [5.74, 6) is 2.85. The van der Waals surface area contributed by atoms with E-state index >= 15 is 0 Å². The maximum absolute atomic E-state index is 5.56. The van der Waals surface area contributed by atoms with Crippen LogP contribution in [0.1, 0.15) is 5.89 Å².